The van der Waals surface area contributed by atoms with Gasteiger partial charge in [-0.3, -0.25) is 15.1 Å². The first-order valence-electron chi connectivity index (χ1n) is 10.7. The molecule has 0 unspecified atom stereocenters. The average molecular weight is 456 g/mol. The van der Waals surface area contributed by atoms with Gasteiger partial charge in [0.1, 0.15) is 0 Å². The van der Waals surface area contributed by atoms with E-state index in [0.717, 1.165) is 43.8 Å². The van der Waals surface area contributed by atoms with Crippen LogP contribution in [0.5, 0.6) is 0 Å². The lowest BCUT2D eigenvalue weighted by atomic mass is 10.0. The van der Waals surface area contributed by atoms with Crippen LogP contribution < -0.4 is 10.2 Å². The van der Waals surface area contributed by atoms with Crippen LogP contribution in [0.2, 0.25) is 0 Å². The van der Waals surface area contributed by atoms with E-state index in [2.05, 4.69) is 15.2 Å². The lowest BCUT2D eigenvalue weighted by molar-refractivity contribution is -0.384. The van der Waals surface area contributed by atoms with Crippen molar-refractivity contribution in [2.45, 2.75) is 32.0 Å². The summed E-state index contributed by atoms with van der Waals surface area (Å²) in [4.78, 5) is 17.8. The molecule has 1 saturated heterocycles. The number of pyridine rings is 1. The van der Waals surface area contributed by atoms with Crippen LogP contribution in [0, 0.1) is 10.1 Å². The van der Waals surface area contributed by atoms with Gasteiger partial charge in [-0.2, -0.15) is 13.2 Å². The van der Waals surface area contributed by atoms with Gasteiger partial charge in [0, 0.05) is 43.3 Å². The standard InChI is InChI=1S/C24H23F3N4O2/c25-24(26,27)18-6-4-5-17(13-18)16-29-19-9-10-28-22(14-19)21-15-20(7-8-23(21)31(32)33)30-11-2-1-3-12-30/h4-10,13-15H,1-3,11-12,16H2,(H,28,29). The molecule has 172 valence electrons. The number of nitro benzene ring substituents is 1. The van der Waals surface area contributed by atoms with Gasteiger partial charge in [0.2, 0.25) is 0 Å². The number of hydrogen-bond donors (Lipinski definition) is 1. The van der Waals surface area contributed by atoms with E-state index in [1.54, 1.807) is 30.3 Å². The largest absolute Gasteiger partial charge is 0.416 e. The Morgan fingerprint density at radius 3 is 2.55 bits per heavy atom. The minimum Gasteiger partial charge on any atom is -0.381 e. The van der Waals surface area contributed by atoms with E-state index >= 15 is 0 Å². The van der Waals surface area contributed by atoms with Crippen molar-refractivity contribution in [3.63, 3.8) is 0 Å². The van der Waals surface area contributed by atoms with E-state index in [9.17, 15) is 23.3 Å². The van der Waals surface area contributed by atoms with Gasteiger partial charge in [-0.05, 0) is 61.2 Å². The van der Waals surface area contributed by atoms with E-state index in [1.165, 1.54) is 24.8 Å². The van der Waals surface area contributed by atoms with Gasteiger partial charge in [0.25, 0.3) is 5.69 Å². The van der Waals surface area contributed by atoms with Crippen molar-refractivity contribution in [1.82, 2.24) is 4.98 Å². The number of nitrogens with zero attached hydrogens (tertiary/aromatic N) is 3. The zero-order valence-electron chi connectivity index (χ0n) is 17.8. The second-order valence-electron chi connectivity index (χ2n) is 7.99. The van der Waals surface area contributed by atoms with Crippen LogP contribution in [0.4, 0.5) is 30.2 Å². The van der Waals surface area contributed by atoms with Crippen molar-refractivity contribution in [3.8, 4) is 11.3 Å². The molecule has 2 heterocycles. The Morgan fingerprint density at radius 1 is 1.03 bits per heavy atom. The molecule has 9 heteroatoms. The van der Waals surface area contributed by atoms with Crippen molar-refractivity contribution >= 4 is 17.1 Å². The van der Waals surface area contributed by atoms with Crippen molar-refractivity contribution < 1.29 is 18.1 Å². The molecular weight excluding hydrogens is 433 g/mol. The topological polar surface area (TPSA) is 71.3 Å². The average Bonchev–Trinajstić information content (AvgIpc) is 2.83. The summed E-state index contributed by atoms with van der Waals surface area (Å²) in [5.74, 6) is 0. The van der Waals surface area contributed by atoms with Gasteiger partial charge < -0.3 is 10.2 Å². The number of nitrogens with one attached hydrogen (secondary N) is 1. The predicted octanol–water partition coefficient (Wildman–Crippen LogP) is 6.28. The number of nitro groups is 1. The summed E-state index contributed by atoms with van der Waals surface area (Å²) in [6.07, 6.45) is 0.468. The molecule has 1 aliphatic heterocycles. The van der Waals surface area contributed by atoms with Crippen LogP contribution in [0.1, 0.15) is 30.4 Å². The zero-order valence-corrected chi connectivity index (χ0v) is 17.8. The Hall–Kier alpha value is -3.62. The molecule has 0 spiro atoms. The Labute approximate surface area is 189 Å². The van der Waals surface area contributed by atoms with Crippen LogP contribution >= 0.6 is 0 Å². The number of aromatic nitrogens is 1. The summed E-state index contributed by atoms with van der Waals surface area (Å²) in [5, 5.41) is 14.7. The molecule has 1 aromatic heterocycles. The minimum absolute atomic E-state index is 0.0433. The third-order valence-corrected chi connectivity index (χ3v) is 5.68. The molecule has 0 amide bonds. The smallest absolute Gasteiger partial charge is 0.381 e. The van der Waals surface area contributed by atoms with Gasteiger partial charge in [-0.15, -0.1) is 0 Å². The summed E-state index contributed by atoms with van der Waals surface area (Å²) < 4.78 is 38.9. The molecule has 3 aromatic rings. The first-order valence-corrected chi connectivity index (χ1v) is 10.7. The normalized spacial score (nSPS) is 14.2. The van der Waals surface area contributed by atoms with Crippen LogP contribution in [-0.2, 0) is 12.7 Å². The maximum atomic E-state index is 13.0. The molecule has 6 nitrogen and oxygen atoms in total. The number of alkyl halides is 3. The zero-order chi connectivity index (χ0) is 23.4. The molecule has 2 aromatic carbocycles. The Morgan fingerprint density at radius 2 is 1.82 bits per heavy atom. The van der Waals surface area contributed by atoms with Gasteiger partial charge in [0.15, 0.2) is 0 Å². The monoisotopic (exact) mass is 456 g/mol. The second kappa shape index (κ2) is 9.48. The highest BCUT2D eigenvalue weighted by Gasteiger charge is 2.30. The van der Waals surface area contributed by atoms with Crippen molar-refractivity contribution in [1.29, 1.82) is 0 Å². The minimum atomic E-state index is -4.40. The third kappa shape index (κ3) is 5.42. The molecule has 1 aliphatic rings. The van der Waals surface area contributed by atoms with E-state index in [1.807, 2.05) is 0 Å². The van der Waals surface area contributed by atoms with E-state index in [0.29, 0.717) is 22.5 Å². The highest BCUT2D eigenvalue weighted by atomic mass is 19.4. The first-order chi connectivity index (χ1) is 15.8. The number of rotatable bonds is 6. The van der Waals surface area contributed by atoms with Crippen molar-refractivity contribution in [2.75, 3.05) is 23.3 Å². The lowest BCUT2D eigenvalue weighted by Gasteiger charge is -2.29. The number of halogens is 3. The molecule has 1 N–H and O–H groups in total. The molecule has 33 heavy (non-hydrogen) atoms. The van der Waals surface area contributed by atoms with E-state index in [4.69, 9.17) is 0 Å². The molecule has 0 aliphatic carbocycles. The Balaban J connectivity index is 1.59. The SMILES string of the molecule is O=[N+]([O-])c1ccc(N2CCCCC2)cc1-c1cc(NCc2cccc(C(F)(F)F)c2)ccn1. The molecule has 0 atom stereocenters. The predicted molar refractivity (Wildman–Crippen MR) is 121 cm³/mol. The maximum Gasteiger partial charge on any atom is 0.416 e. The lowest BCUT2D eigenvalue weighted by Crippen LogP contribution is -2.29. The molecule has 0 saturated carbocycles. The quantitative estimate of drug-likeness (QED) is 0.349. The molecule has 4 rings (SSSR count). The highest BCUT2D eigenvalue weighted by molar-refractivity contribution is 5.77. The maximum absolute atomic E-state index is 13.0. The van der Waals surface area contributed by atoms with Crippen LogP contribution in [0.15, 0.2) is 60.8 Å². The fourth-order valence-corrected chi connectivity index (χ4v) is 3.99. The molecular formula is C24H23F3N4O2. The Bertz CT molecular complexity index is 1140. The number of anilines is 2. The highest BCUT2D eigenvalue weighted by Crippen LogP contribution is 2.34. The fourth-order valence-electron chi connectivity index (χ4n) is 3.99. The van der Waals surface area contributed by atoms with Gasteiger partial charge in [0.05, 0.1) is 21.7 Å². The van der Waals surface area contributed by atoms with Crippen LogP contribution in [0.25, 0.3) is 11.3 Å². The number of piperidine rings is 1. The second-order valence-corrected chi connectivity index (χ2v) is 7.99. The van der Waals surface area contributed by atoms with Gasteiger partial charge in [-0.25, -0.2) is 0 Å². The third-order valence-electron chi connectivity index (χ3n) is 5.68. The van der Waals surface area contributed by atoms with Crippen LogP contribution in [0.3, 0.4) is 0 Å². The molecule has 0 radical (unpaired) electrons. The summed E-state index contributed by atoms with van der Waals surface area (Å²) in [5.41, 5.74) is 2.08. The first kappa shape index (κ1) is 22.6. The summed E-state index contributed by atoms with van der Waals surface area (Å²) in [7, 11) is 0. The summed E-state index contributed by atoms with van der Waals surface area (Å²) >= 11 is 0. The van der Waals surface area contributed by atoms with Crippen LogP contribution in [-0.4, -0.2) is 23.0 Å². The molecule has 0 bridgehead atoms. The number of benzene rings is 2. The van der Waals surface area contributed by atoms with Crippen molar-refractivity contribution in [3.05, 3.63) is 82.0 Å². The van der Waals surface area contributed by atoms with E-state index < -0.39 is 16.7 Å². The number of hydrogen-bond acceptors (Lipinski definition) is 5. The summed E-state index contributed by atoms with van der Waals surface area (Å²) in [6, 6.07) is 13.5. The van der Waals surface area contributed by atoms with Gasteiger partial charge >= 0.3 is 6.18 Å². The Kier molecular flexibility index (Phi) is 6.48. The summed E-state index contributed by atoms with van der Waals surface area (Å²) in [6.45, 7) is 1.98. The van der Waals surface area contributed by atoms with E-state index in [-0.39, 0.29) is 12.2 Å². The fraction of sp³-hybridized carbons (Fsp3) is 0.292. The van der Waals surface area contributed by atoms with Crippen molar-refractivity contribution in [2.24, 2.45) is 0 Å². The van der Waals surface area contributed by atoms with Gasteiger partial charge in [-0.1, -0.05) is 12.1 Å². The molecule has 1 fully saturated rings.